The molecule has 0 amide bonds. The summed E-state index contributed by atoms with van der Waals surface area (Å²) in [6.45, 7) is 13.0. The fraction of sp³-hybridized carbons (Fsp3) is 1.00. The van der Waals surface area contributed by atoms with Crippen molar-refractivity contribution in [2.24, 2.45) is 5.92 Å². The summed E-state index contributed by atoms with van der Waals surface area (Å²) in [6, 6.07) is 0. The Kier molecular flexibility index (Phi) is 9.49. The smallest absolute Gasteiger partial charge is 0.00163 e. The van der Waals surface area contributed by atoms with Crippen LogP contribution in [0.3, 0.4) is 0 Å². The van der Waals surface area contributed by atoms with Gasteiger partial charge in [0.2, 0.25) is 0 Å². The predicted octanol–water partition coefficient (Wildman–Crippen LogP) is 3.93. The van der Waals surface area contributed by atoms with E-state index in [4.69, 9.17) is 0 Å². The topological polar surface area (TPSA) is 3.24 Å². The molecule has 1 unspecified atom stereocenters. The van der Waals surface area contributed by atoms with Crippen LogP contribution in [-0.2, 0) is 0 Å². The van der Waals surface area contributed by atoms with Gasteiger partial charge in [-0.25, -0.2) is 0 Å². The molecular weight excluding hydrogens is 170 g/mol. The van der Waals surface area contributed by atoms with Crippen LogP contribution in [-0.4, -0.2) is 24.5 Å². The summed E-state index contributed by atoms with van der Waals surface area (Å²) in [6.07, 6.45) is 6.84. The van der Waals surface area contributed by atoms with E-state index in [0.29, 0.717) is 0 Å². The Morgan fingerprint density at radius 2 is 1.64 bits per heavy atom. The lowest BCUT2D eigenvalue weighted by molar-refractivity contribution is 0.263. The maximum Gasteiger partial charge on any atom is -0.00163 e. The second kappa shape index (κ2) is 9.51. The van der Waals surface area contributed by atoms with E-state index >= 15 is 0 Å². The highest BCUT2D eigenvalue weighted by molar-refractivity contribution is 4.59. The molecule has 0 fully saturated rings. The molecule has 0 bridgehead atoms. The van der Waals surface area contributed by atoms with Gasteiger partial charge in [-0.05, 0) is 38.4 Å². The molecule has 0 rings (SSSR count). The van der Waals surface area contributed by atoms with Gasteiger partial charge in [-0.15, -0.1) is 0 Å². The zero-order chi connectivity index (χ0) is 10.8. The van der Waals surface area contributed by atoms with Crippen molar-refractivity contribution in [1.29, 1.82) is 0 Å². The first-order chi connectivity index (χ1) is 6.74. The molecule has 1 heteroatoms. The molecule has 0 aliphatic rings. The molecular formula is C13H29N. The van der Waals surface area contributed by atoms with Crippen LogP contribution in [0.4, 0.5) is 0 Å². The van der Waals surface area contributed by atoms with Gasteiger partial charge >= 0.3 is 0 Å². The third kappa shape index (κ3) is 7.37. The molecule has 0 aliphatic heterocycles. The number of nitrogens with zero attached hydrogens (tertiary/aromatic N) is 1. The molecule has 0 aliphatic carbocycles. The number of hydrogen-bond acceptors (Lipinski definition) is 1. The van der Waals surface area contributed by atoms with E-state index < -0.39 is 0 Å². The highest BCUT2D eigenvalue weighted by Gasteiger charge is 2.05. The standard InChI is InChI=1S/C13H29N/c1-5-8-9-13(4)10-12-14(7-3)11-6-2/h13H,5-12H2,1-4H3. The molecule has 14 heavy (non-hydrogen) atoms. The van der Waals surface area contributed by atoms with E-state index in [-0.39, 0.29) is 0 Å². The zero-order valence-electron chi connectivity index (χ0n) is 10.7. The molecule has 1 nitrogen and oxygen atoms in total. The van der Waals surface area contributed by atoms with Crippen molar-refractivity contribution in [3.8, 4) is 0 Å². The van der Waals surface area contributed by atoms with Gasteiger partial charge in [-0.1, -0.05) is 47.0 Å². The van der Waals surface area contributed by atoms with Crippen LogP contribution < -0.4 is 0 Å². The summed E-state index contributed by atoms with van der Waals surface area (Å²) in [5, 5.41) is 0. The van der Waals surface area contributed by atoms with E-state index in [1.54, 1.807) is 0 Å². The van der Waals surface area contributed by atoms with Crippen molar-refractivity contribution < 1.29 is 0 Å². The van der Waals surface area contributed by atoms with E-state index in [9.17, 15) is 0 Å². The summed E-state index contributed by atoms with van der Waals surface area (Å²) < 4.78 is 0. The lowest BCUT2D eigenvalue weighted by Gasteiger charge is -2.21. The molecule has 0 aromatic rings. The van der Waals surface area contributed by atoms with E-state index in [1.807, 2.05) is 0 Å². The molecule has 0 saturated carbocycles. The average molecular weight is 199 g/mol. The molecule has 0 aromatic heterocycles. The van der Waals surface area contributed by atoms with Gasteiger partial charge in [0.25, 0.3) is 0 Å². The van der Waals surface area contributed by atoms with Crippen LogP contribution >= 0.6 is 0 Å². The van der Waals surface area contributed by atoms with Crippen molar-refractivity contribution in [3.63, 3.8) is 0 Å². The Bertz CT molecular complexity index is 112. The first-order valence-electron chi connectivity index (χ1n) is 6.46. The Balaban J connectivity index is 3.46. The molecule has 0 aromatic carbocycles. The van der Waals surface area contributed by atoms with Crippen molar-refractivity contribution in [1.82, 2.24) is 4.90 Å². The zero-order valence-corrected chi connectivity index (χ0v) is 10.7. The summed E-state index contributed by atoms with van der Waals surface area (Å²) in [4.78, 5) is 2.57. The van der Waals surface area contributed by atoms with Crippen LogP contribution in [0.2, 0.25) is 0 Å². The molecule has 0 spiro atoms. The van der Waals surface area contributed by atoms with Crippen LogP contribution in [0.25, 0.3) is 0 Å². The van der Waals surface area contributed by atoms with Crippen molar-refractivity contribution in [2.75, 3.05) is 19.6 Å². The summed E-state index contributed by atoms with van der Waals surface area (Å²) in [7, 11) is 0. The first kappa shape index (κ1) is 14.0. The highest BCUT2D eigenvalue weighted by Crippen LogP contribution is 2.12. The summed E-state index contributed by atoms with van der Waals surface area (Å²) >= 11 is 0. The van der Waals surface area contributed by atoms with Gasteiger partial charge in [-0.3, -0.25) is 0 Å². The van der Waals surface area contributed by atoms with Crippen LogP contribution in [0.5, 0.6) is 0 Å². The minimum atomic E-state index is 0.917. The fourth-order valence-electron chi connectivity index (χ4n) is 1.84. The van der Waals surface area contributed by atoms with Gasteiger partial charge in [-0.2, -0.15) is 0 Å². The third-order valence-corrected chi connectivity index (χ3v) is 2.98. The van der Waals surface area contributed by atoms with Gasteiger partial charge in [0.1, 0.15) is 0 Å². The second-order valence-electron chi connectivity index (χ2n) is 4.47. The van der Waals surface area contributed by atoms with Crippen molar-refractivity contribution in [3.05, 3.63) is 0 Å². The van der Waals surface area contributed by atoms with E-state index in [2.05, 4.69) is 32.6 Å². The summed E-state index contributed by atoms with van der Waals surface area (Å²) in [5.74, 6) is 0.917. The maximum atomic E-state index is 2.57. The SMILES string of the molecule is CCCCC(C)CCN(CC)CCC. The molecule has 0 N–H and O–H groups in total. The van der Waals surface area contributed by atoms with Crippen molar-refractivity contribution >= 4 is 0 Å². The van der Waals surface area contributed by atoms with Crippen molar-refractivity contribution in [2.45, 2.75) is 59.8 Å². The maximum absolute atomic E-state index is 2.57. The number of rotatable bonds is 9. The lowest BCUT2D eigenvalue weighted by atomic mass is 10.0. The van der Waals surface area contributed by atoms with Gasteiger partial charge in [0.15, 0.2) is 0 Å². The minimum Gasteiger partial charge on any atom is -0.304 e. The Hall–Kier alpha value is -0.0400. The Morgan fingerprint density at radius 1 is 0.929 bits per heavy atom. The molecule has 0 heterocycles. The second-order valence-corrected chi connectivity index (χ2v) is 4.47. The highest BCUT2D eigenvalue weighted by atomic mass is 15.1. The van der Waals surface area contributed by atoms with Gasteiger partial charge < -0.3 is 4.90 Å². The largest absolute Gasteiger partial charge is 0.304 e. The lowest BCUT2D eigenvalue weighted by Crippen LogP contribution is -2.26. The third-order valence-electron chi connectivity index (χ3n) is 2.98. The number of unbranched alkanes of at least 4 members (excludes halogenated alkanes) is 1. The fourth-order valence-corrected chi connectivity index (χ4v) is 1.84. The molecule has 86 valence electrons. The monoisotopic (exact) mass is 199 g/mol. The normalized spacial score (nSPS) is 13.5. The summed E-state index contributed by atoms with van der Waals surface area (Å²) in [5.41, 5.74) is 0. The molecule has 0 radical (unpaired) electrons. The van der Waals surface area contributed by atoms with E-state index in [1.165, 1.54) is 51.7 Å². The molecule has 1 atom stereocenters. The quantitative estimate of drug-likeness (QED) is 0.544. The van der Waals surface area contributed by atoms with Crippen LogP contribution in [0.15, 0.2) is 0 Å². The van der Waals surface area contributed by atoms with Crippen LogP contribution in [0.1, 0.15) is 59.8 Å². The van der Waals surface area contributed by atoms with Gasteiger partial charge in [0, 0.05) is 0 Å². The molecule has 0 saturated heterocycles. The number of hydrogen-bond donors (Lipinski definition) is 0. The van der Waals surface area contributed by atoms with Gasteiger partial charge in [0.05, 0.1) is 0 Å². The Labute approximate surface area is 90.9 Å². The van der Waals surface area contributed by atoms with Crippen LogP contribution in [0, 0.1) is 5.92 Å². The first-order valence-corrected chi connectivity index (χ1v) is 6.46. The van der Waals surface area contributed by atoms with E-state index in [0.717, 1.165) is 5.92 Å². The predicted molar refractivity (Wildman–Crippen MR) is 65.7 cm³/mol. The Morgan fingerprint density at radius 3 is 2.14 bits per heavy atom. The average Bonchev–Trinajstić information content (AvgIpc) is 2.21. The minimum absolute atomic E-state index is 0.917.